The number of aromatic nitrogens is 1. The summed E-state index contributed by atoms with van der Waals surface area (Å²) in [7, 11) is 2.21. The average Bonchev–Trinajstić information content (AvgIpc) is 3.22. The summed E-state index contributed by atoms with van der Waals surface area (Å²) in [6.45, 7) is 11.0. The van der Waals surface area contributed by atoms with E-state index >= 15 is 0 Å². The predicted octanol–water partition coefficient (Wildman–Crippen LogP) is 4.00. The molecule has 1 saturated carbocycles. The third kappa shape index (κ3) is 3.53. The van der Waals surface area contributed by atoms with Crippen LogP contribution in [0.1, 0.15) is 63.4 Å². The van der Waals surface area contributed by atoms with Crippen LogP contribution in [0.15, 0.2) is 0 Å². The molecule has 4 heteroatoms. The average molecular weight is 295 g/mol. The van der Waals surface area contributed by atoms with Crippen LogP contribution in [0.2, 0.25) is 0 Å². The van der Waals surface area contributed by atoms with Gasteiger partial charge in [-0.25, -0.2) is 4.98 Å². The molecule has 0 aromatic carbocycles. The Morgan fingerprint density at radius 2 is 2.05 bits per heavy atom. The number of nitrogens with zero attached hydrogens (tertiary/aromatic N) is 2. The zero-order valence-corrected chi connectivity index (χ0v) is 14.4. The predicted molar refractivity (Wildman–Crippen MR) is 88.8 cm³/mol. The first-order valence-electron chi connectivity index (χ1n) is 8.01. The maximum Gasteiger partial charge on any atom is 0.185 e. The molecule has 0 aliphatic heterocycles. The molecule has 1 aromatic rings. The summed E-state index contributed by atoms with van der Waals surface area (Å²) in [6, 6.07) is 0.623. The highest BCUT2D eigenvalue weighted by atomic mass is 32.1. The molecule has 2 unspecified atom stereocenters. The number of hydrogen-bond acceptors (Lipinski definition) is 4. The van der Waals surface area contributed by atoms with Crippen LogP contribution in [-0.4, -0.2) is 24.6 Å². The van der Waals surface area contributed by atoms with Gasteiger partial charge in [-0.3, -0.25) is 0 Å². The molecule has 0 amide bonds. The minimum atomic E-state index is 0.554. The van der Waals surface area contributed by atoms with Crippen molar-refractivity contribution in [1.82, 2.24) is 10.3 Å². The molecule has 0 saturated heterocycles. The van der Waals surface area contributed by atoms with Gasteiger partial charge in [0.1, 0.15) is 0 Å². The second-order valence-electron chi connectivity index (χ2n) is 6.08. The largest absolute Gasteiger partial charge is 0.348 e. The molecular weight excluding hydrogens is 266 g/mol. The molecule has 0 bridgehead atoms. The van der Waals surface area contributed by atoms with E-state index in [-0.39, 0.29) is 0 Å². The Bertz CT molecular complexity index is 425. The van der Waals surface area contributed by atoms with E-state index in [1.807, 2.05) is 11.3 Å². The van der Waals surface area contributed by atoms with E-state index in [0.29, 0.717) is 12.0 Å². The lowest BCUT2D eigenvalue weighted by molar-refractivity contribution is 0.605. The fraction of sp³-hybridized carbons (Fsp3) is 0.812. The second kappa shape index (κ2) is 6.90. The quantitative estimate of drug-likeness (QED) is 0.785. The lowest BCUT2D eigenvalue weighted by Gasteiger charge is -2.24. The van der Waals surface area contributed by atoms with Gasteiger partial charge < -0.3 is 10.2 Å². The lowest BCUT2D eigenvalue weighted by atomic mass is 10.0. The third-order valence-corrected chi connectivity index (χ3v) is 5.71. The number of rotatable bonds is 8. The molecule has 1 fully saturated rings. The molecule has 2 atom stereocenters. The number of anilines is 1. The highest BCUT2D eigenvalue weighted by molar-refractivity contribution is 7.15. The van der Waals surface area contributed by atoms with Crippen molar-refractivity contribution >= 4 is 16.5 Å². The molecule has 0 radical (unpaired) electrons. The van der Waals surface area contributed by atoms with Crippen molar-refractivity contribution in [3.8, 4) is 0 Å². The molecule has 1 heterocycles. The zero-order valence-electron chi connectivity index (χ0n) is 13.6. The summed E-state index contributed by atoms with van der Waals surface area (Å²) in [6.07, 6.45) is 3.93. The van der Waals surface area contributed by atoms with Gasteiger partial charge in [0.25, 0.3) is 0 Å². The van der Waals surface area contributed by atoms with E-state index in [2.05, 4.69) is 45.0 Å². The molecule has 2 rings (SSSR count). The van der Waals surface area contributed by atoms with Crippen LogP contribution in [0, 0.1) is 5.92 Å². The summed E-state index contributed by atoms with van der Waals surface area (Å²) < 4.78 is 0. The topological polar surface area (TPSA) is 28.2 Å². The van der Waals surface area contributed by atoms with Gasteiger partial charge in [0.15, 0.2) is 5.13 Å². The fourth-order valence-electron chi connectivity index (χ4n) is 2.51. The van der Waals surface area contributed by atoms with Gasteiger partial charge in [-0.15, -0.1) is 11.3 Å². The Morgan fingerprint density at radius 1 is 1.35 bits per heavy atom. The monoisotopic (exact) mass is 295 g/mol. The molecule has 114 valence electrons. The van der Waals surface area contributed by atoms with Gasteiger partial charge >= 0.3 is 0 Å². The maximum absolute atomic E-state index is 4.97. The van der Waals surface area contributed by atoms with Crippen molar-refractivity contribution in [2.24, 2.45) is 5.92 Å². The number of hydrogen-bond donors (Lipinski definition) is 1. The molecule has 3 nitrogen and oxygen atoms in total. The SMILES string of the molecule is CCNCc1sc(N(C)C(C)C2CC2)nc1C(C)CC. The molecule has 20 heavy (non-hydrogen) atoms. The van der Waals surface area contributed by atoms with Crippen molar-refractivity contribution in [3.63, 3.8) is 0 Å². The van der Waals surface area contributed by atoms with Crippen molar-refractivity contribution in [1.29, 1.82) is 0 Å². The molecule has 0 spiro atoms. The summed E-state index contributed by atoms with van der Waals surface area (Å²) >= 11 is 1.88. The van der Waals surface area contributed by atoms with Gasteiger partial charge in [-0.2, -0.15) is 0 Å². The van der Waals surface area contributed by atoms with E-state index in [9.17, 15) is 0 Å². The molecule has 1 aromatic heterocycles. The minimum absolute atomic E-state index is 0.554. The third-order valence-electron chi connectivity index (χ3n) is 4.55. The highest BCUT2D eigenvalue weighted by Crippen LogP contribution is 2.38. The Labute approximate surface area is 127 Å². The molecule has 1 aliphatic carbocycles. The standard InChI is InChI=1S/C16H29N3S/c1-6-11(3)15-14(10-17-7-2)20-16(18-15)19(5)12(4)13-8-9-13/h11-13,17H,6-10H2,1-5H3. The second-order valence-corrected chi connectivity index (χ2v) is 7.15. The van der Waals surface area contributed by atoms with Crippen LogP contribution < -0.4 is 10.2 Å². The zero-order chi connectivity index (χ0) is 14.7. The van der Waals surface area contributed by atoms with Gasteiger partial charge in [-0.1, -0.05) is 20.8 Å². The smallest absolute Gasteiger partial charge is 0.185 e. The van der Waals surface area contributed by atoms with Gasteiger partial charge in [-0.05, 0) is 44.6 Å². The van der Waals surface area contributed by atoms with Crippen LogP contribution in [-0.2, 0) is 6.54 Å². The first-order valence-corrected chi connectivity index (χ1v) is 8.83. The van der Waals surface area contributed by atoms with Gasteiger partial charge in [0, 0.05) is 24.5 Å². The Hall–Kier alpha value is -0.610. The number of thiazole rings is 1. The summed E-state index contributed by atoms with van der Waals surface area (Å²) in [5.41, 5.74) is 1.31. The van der Waals surface area contributed by atoms with Crippen LogP contribution in [0.25, 0.3) is 0 Å². The Kier molecular flexibility index (Phi) is 5.44. The first-order chi connectivity index (χ1) is 9.58. The van der Waals surface area contributed by atoms with E-state index in [1.165, 1.54) is 28.5 Å². The first kappa shape index (κ1) is 15.8. The molecular formula is C16H29N3S. The summed E-state index contributed by atoms with van der Waals surface area (Å²) in [5, 5.41) is 4.65. The fourth-order valence-corrected chi connectivity index (χ4v) is 3.71. The van der Waals surface area contributed by atoms with Crippen molar-refractivity contribution in [3.05, 3.63) is 10.6 Å². The highest BCUT2D eigenvalue weighted by Gasteiger charge is 2.32. The van der Waals surface area contributed by atoms with E-state index in [4.69, 9.17) is 4.98 Å². The van der Waals surface area contributed by atoms with Gasteiger partial charge in [0.2, 0.25) is 0 Å². The van der Waals surface area contributed by atoms with E-state index < -0.39 is 0 Å². The molecule has 1 N–H and O–H groups in total. The Balaban J connectivity index is 2.17. The van der Waals surface area contributed by atoms with Crippen molar-refractivity contribution in [2.45, 2.75) is 65.5 Å². The van der Waals surface area contributed by atoms with E-state index in [0.717, 1.165) is 25.4 Å². The van der Waals surface area contributed by atoms with Crippen molar-refractivity contribution < 1.29 is 0 Å². The van der Waals surface area contributed by atoms with Crippen LogP contribution in [0.3, 0.4) is 0 Å². The Morgan fingerprint density at radius 3 is 2.60 bits per heavy atom. The maximum atomic E-state index is 4.97. The van der Waals surface area contributed by atoms with Crippen LogP contribution >= 0.6 is 11.3 Å². The van der Waals surface area contributed by atoms with Crippen molar-refractivity contribution in [2.75, 3.05) is 18.5 Å². The summed E-state index contributed by atoms with van der Waals surface area (Å²) in [5.74, 6) is 1.44. The van der Waals surface area contributed by atoms with Crippen LogP contribution in [0.5, 0.6) is 0 Å². The number of nitrogens with one attached hydrogen (secondary N) is 1. The molecule has 1 aliphatic rings. The van der Waals surface area contributed by atoms with Gasteiger partial charge in [0.05, 0.1) is 5.69 Å². The normalized spacial score (nSPS) is 18.1. The summed E-state index contributed by atoms with van der Waals surface area (Å²) in [4.78, 5) is 8.78. The lowest BCUT2D eigenvalue weighted by Crippen LogP contribution is -2.30. The minimum Gasteiger partial charge on any atom is -0.348 e. The van der Waals surface area contributed by atoms with Crippen LogP contribution in [0.4, 0.5) is 5.13 Å². The van der Waals surface area contributed by atoms with E-state index in [1.54, 1.807) is 0 Å².